The van der Waals surface area contributed by atoms with E-state index in [9.17, 15) is 66.1 Å². The first-order chi connectivity index (χ1) is 26.1. The summed E-state index contributed by atoms with van der Waals surface area (Å²) in [5.41, 5.74) is 0.773. The smallest absolute Gasteiger partial charge is 0.331 e. The van der Waals surface area contributed by atoms with E-state index in [2.05, 4.69) is 0 Å². The van der Waals surface area contributed by atoms with Gasteiger partial charge < -0.3 is 94.4 Å². The Kier molecular flexibility index (Phi) is 14.3. The highest BCUT2D eigenvalue weighted by Crippen LogP contribution is 2.33. The average molecular weight is 787 g/mol. The third-order valence-electron chi connectivity index (χ3n) is 9.36. The van der Waals surface area contributed by atoms with E-state index >= 15 is 0 Å². The molecule has 0 aromatic heterocycles. The Balaban J connectivity index is 1.43. The van der Waals surface area contributed by atoms with E-state index in [1.54, 1.807) is 0 Å². The topological polar surface area (TPSA) is 324 Å². The Morgan fingerprint density at radius 2 is 1.29 bits per heavy atom. The van der Waals surface area contributed by atoms with Gasteiger partial charge in [0.2, 0.25) is 0 Å². The van der Waals surface area contributed by atoms with Crippen molar-refractivity contribution >= 4 is 12.0 Å². The highest BCUT2D eigenvalue weighted by molar-refractivity contribution is 5.87. The van der Waals surface area contributed by atoms with Crippen molar-refractivity contribution in [2.75, 3.05) is 19.8 Å². The van der Waals surface area contributed by atoms with Crippen molar-refractivity contribution in [3.8, 4) is 23.0 Å². The van der Waals surface area contributed by atoms with Gasteiger partial charge in [-0.25, -0.2) is 4.79 Å². The van der Waals surface area contributed by atoms with Gasteiger partial charge in [0.05, 0.1) is 25.9 Å². The SMILES string of the molecule is CC1O[C@H](OC2C(O)C(OCCc3ccc(O)c(O)c3)OC(COC3OC(CO)C(O)C(O)C3O)C2OC(=O)/C=C/c2ccc(O)c(O)c2)C(O)C(O)C1O. The Hall–Kier alpha value is -3.71. The number of hydrogen-bond donors (Lipinski definition) is 12. The van der Waals surface area contributed by atoms with E-state index in [1.807, 2.05) is 0 Å². The molecule has 0 spiro atoms. The van der Waals surface area contributed by atoms with Gasteiger partial charge >= 0.3 is 5.97 Å². The van der Waals surface area contributed by atoms with Crippen LogP contribution in [0.1, 0.15) is 18.1 Å². The number of aliphatic hydroxyl groups excluding tert-OH is 8. The highest BCUT2D eigenvalue weighted by Gasteiger charge is 2.53. The third-order valence-corrected chi connectivity index (χ3v) is 9.36. The molecule has 15 atom stereocenters. The predicted molar refractivity (Wildman–Crippen MR) is 180 cm³/mol. The zero-order valence-electron chi connectivity index (χ0n) is 29.2. The molecule has 20 nitrogen and oxygen atoms in total. The molecule has 0 aliphatic carbocycles. The van der Waals surface area contributed by atoms with Crippen LogP contribution in [0.15, 0.2) is 42.5 Å². The van der Waals surface area contributed by atoms with Crippen molar-refractivity contribution in [1.82, 2.24) is 0 Å². The molecular formula is C35H46O20. The molecule has 2 aromatic rings. The number of carbonyl (C=O) groups excluding carboxylic acids is 1. The minimum atomic E-state index is -1.88. The van der Waals surface area contributed by atoms with Crippen LogP contribution in [0.3, 0.4) is 0 Å². The minimum Gasteiger partial charge on any atom is -0.504 e. The molecule has 3 heterocycles. The standard InChI is InChI=1S/C35H46O20/c1-14-24(42)26(44)29(47)35(51-14)55-32-30(48)34(49-9-8-16-3-6-18(38)20(40)11-16)53-22(13-50-33-28(46)27(45)25(43)21(12-36)52-33)31(32)54-23(41)7-4-15-2-5-17(37)19(39)10-15/h2-7,10-11,14,21-22,24-40,42-48H,8-9,12-13H2,1H3/b7-4+/t14?,21?,22?,24?,25?,26?,27?,28?,29?,30?,31?,32?,33?,34?,35-/m1/s1. The number of esters is 1. The molecule has 55 heavy (non-hydrogen) atoms. The molecular weight excluding hydrogens is 740 g/mol. The number of carbonyl (C=O) groups is 1. The van der Waals surface area contributed by atoms with E-state index in [4.69, 9.17) is 33.2 Å². The summed E-state index contributed by atoms with van der Waals surface area (Å²) in [6.45, 7) is -0.254. The van der Waals surface area contributed by atoms with Crippen LogP contribution >= 0.6 is 0 Å². The predicted octanol–water partition coefficient (Wildman–Crippen LogP) is -3.19. The maximum Gasteiger partial charge on any atom is 0.331 e. The van der Waals surface area contributed by atoms with Crippen LogP contribution in [0.25, 0.3) is 6.08 Å². The molecule has 20 heteroatoms. The molecule has 3 aliphatic rings. The molecule has 0 bridgehead atoms. The second-order valence-electron chi connectivity index (χ2n) is 13.3. The quantitative estimate of drug-likeness (QED) is 0.0541. The normalized spacial score (nSPS) is 36.9. The molecule has 3 fully saturated rings. The first kappa shape index (κ1) is 42.4. The maximum atomic E-state index is 13.3. The number of aromatic hydroxyl groups is 4. The summed E-state index contributed by atoms with van der Waals surface area (Å²) < 4.78 is 40.2. The van der Waals surface area contributed by atoms with Crippen LogP contribution in [0.4, 0.5) is 0 Å². The molecule has 0 radical (unpaired) electrons. The van der Waals surface area contributed by atoms with Crippen molar-refractivity contribution in [2.24, 2.45) is 0 Å². The van der Waals surface area contributed by atoms with E-state index in [1.165, 1.54) is 43.3 Å². The summed E-state index contributed by atoms with van der Waals surface area (Å²) in [4.78, 5) is 13.3. The van der Waals surface area contributed by atoms with Gasteiger partial charge in [0.1, 0.15) is 61.0 Å². The summed E-state index contributed by atoms with van der Waals surface area (Å²) >= 11 is 0. The number of hydrogen-bond acceptors (Lipinski definition) is 20. The van der Waals surface area contributed by atoms with Crippen molar-refractivity contribution in [1.29, 1.82) is 0 Å². The van der Waals surface area contributed by atoms with Crippen molar-refractivity contribution in [2.45, 2.75) is 105 Å². The van der Waals surface area contributed by atoms with Crippen molar-refractivity contribution in [3.63, 3.8) is 0 Å². The van der Waals surface area contributed by atoms with Gasteiger partial charge in [0.15, 0.2) is 48.0 Å². The summed E-state index contributed by atoms with van der Waals surface area (Å²) in [5, 5.41) is 123. The fraction of sp³-hybridized carbons (Fsp3) is 0.571. The Morgan fingerprint density at radius 1 is 0.673 bits per heavy atom. The minimum absolute atomic E-state index is 0.111. The van der Waals surface area contributed by atoms with Crippen LogP contribution in [0, 0.1) is 0 Å². The zero-order chi connectivity index (χ0) is 40.1. The first-order valence-electron chi connectivity index (χ1n) is 17.2. The number of rotatable bonds is 13. The summed E-state index contributed by atoms with van der Waals surface area (Å²) in [5.74, 6) is -2.71. The van der Waals surface area contributed by atoms with Crippen LogP contribution < -0.4 is 0 Å². The third kappa shape index (κ3) is 10.0. The van der Waals surface area contributed by atoms with Gasteiger partial charge in [-0.15, -0.1) is 0 Å². The number of ether oxygens (including phenoxy) is 7. The number of aliphatic hydroxyl groups is 8. The highest BCUT2D eigenvalue weighted by atomic mass is 16.8. The number of benzene rings is 2. The Bertz CT molecular complexity index is 1610. The summed E-state index contributed by atoms with van der Waals surface area (Å²) in [6.07, 6.45) is -22.6. The van der Waals surface area contributed by atoms with Gasteiger partial charge in [-0.3, -0.25) is 0 Å². The molecule has 306 valence electrons. The lowest BCUT2D eigenvalue weighted by atomic mass is 9.96. The van der Waals surface area contributed by atoms with Crippen LogP contribution in [-0.2, 0) is 44.4 Å². The van der Waals surface area contributed by atoms with E-state index in [0.29, 0.717) is 5.56 Å². The Morgan fingerprint density at radius 3 is 1.96 bits per heavy atom. The fourth-order valence-corrected chi connectivity index (χ4v) is 6.14. The van der Waals surface area contributed by atoms with Gasteiger partial charge in [0.25, 0.3) is 0 Å². The van der Waals surface area contributed by atoms with Crippen LogP contribution in [-0.4, -0.2) is 179 Å². The van der Waals surface area contributed by atoms with E-state index in [-0.39, 0.29) is 30.1 Å². The van der Waals surface area contributed by atoms with E-state index < -0.39 is 123 Å². The monoisotopic (exact) mass is 786 g/mol. The second kappa shape index (κ2) is 18.5. The van der Waals surface area contributed by atoms with Gasteiger partial charge in [-0.1, -0.05) is 12.1 Å². The van der Waals surface area contributed by atoms with Crippen molar-refractivity contribution in [3.05, 3.63) is 53.6 Å². The largest absolute Gasteiger partial charge is 0.504 e. The Labute approximate surface area is 313 Å². The molecule has 5 rings (SSSR count). The fourth-order valence-electron chi connectivity index (χ4n) is 6.14. The van der Waals surface area contributed by atoms with Crippen LogP contribution in [0.2, 0.25) is 0 Å². The lowest BCUT2D eigenvalue weighted by molar-refractivity contribution is -0.364. The van der Waals surface area contributed by atoms with Crippen molar-refractivity contribution < 1.29 is 99.2 Å². The average Bonchev–Trinajstić information content (AvgIpc) is 3.16. The van der Waals surface area contributed by atoms with Gasteiger partial charge in [0, 0.05) is 6.08 Å². The van der Waals surface area contributed by atoms with Gasteiger partial charge in [-0.05, 0) is 54.8 Å². The van der Waals surface area contributed by atoms with Gasteiger partial charge in [-0.2, -0.15) is 0 Å². The maximum absolute atomic E-state index is 13.3. The molecule has 3 saturated heterocycles. The van der Waals surface area contributed by atoms with Crippen LogP contribution in [0.5, 0.6) is 23.0 Å². The number of phenolic OH excluding ortho intramolecular Hbond substituents is 4. The zero-order valence-corrected chi connectivity index (χ0v) is 29.2. The molecule has 2 aromatic carbocycles. The lowest BCUT2D eigenvalue weighted by Crippen LogP contribution is -2.65. The summed E-state index contributed by atoms with van der Waals surface area (Å²) in [6, 6.07) is 7.75. The molecule has 0 amide bonds. The summed E-state index contributed by atoms with van der Waals surface area (Å²) in [7, 11) is 0. The lowest BCUT2D eigenvalue weighted by Gasteiger charge is -2.47. The molecule has 14 unspecified atom stereocenters. The molecule has 0 saturated carbocycles. The first-order valence-corrected chi connectivity index (χ1v) is 17.2. The molecule has 12 N–H and O–H groups in total. The molecule has 3 aliphatic heterocycles. The second-order valence-corrected chi connectivity index (χ2v) is 13.3. The van der Waals surface area contributed by atoms with E-state index in [0.717, 1.165) is 12.1 Å². The number of phenols is 4.